The van der Waals surface area contributed by atoms with Gasteiger partial charge in [0, 0.05) is 0 Å². The predicted octanol–water partition coefficient (Wildman–Crippen LogP) is 6.84. The first-order chi connectivity index (χ1) is 10.1. The summed E-state index contributed by atoms with van der Waals surface area (Å²) in [4.78, 5) is 0. The fourth-order valence-corrected chi connectivity index (χ4v) is 7.29. The van der Waals surface area contributed by atoms with Crippen molar-refractivity contribution in [1.29, 1.82) is 0 Å². The van der Waals surface area contributed by atoms with Crippen LogP contribution in [0.25, 0.3) is 0 Å². The molecule has 21 heavy (non-hydrogen) atoms. The quantitative estimate of drug-likeness (QED) is 0.458. The Labute approximate surface area is 133 Å². The van der Waals surface area contributed by atoms with Crippen LogP contribution in [0.15, 0.2) is 0 Å². The van der Waals surface area contributed by atoms with Gasteiger partial charge >= 0.3 is 0 Å². The van der Waals surface area contributed by atoms with Gasteiger partial charge < -0.3 is 0 Å². The molecule has 0 heterocycles. The van der Waals surface area contributed by atoms with Crippen LogP contribution in [0.1, 0.15) is 98.3 Å². The molecule has 4 fully saturated rings. The molecule has 0 bridgehead atoms. The molecule has 0 amide bonds. The highest BCUT2D eigenvalue weighted by Gasteiger charge is 2.56. The molecule has 0 heteroatoms. The maximum atomic E-state index is 2.70. The van der Waals surface area contributed by atoms with E-state index in [1.807, 2.05) is 13.8 Å². The normalized spacial score (nSPS) is 52.0. The molecule has 122 valence electrons. The van der Waals surface area contributed by atoms with Crippen LogP contribution in [0.4, 0.5) is 0 Å². The van der Waals surface area contributed by atoms with Crippen molar-refractivity contribution in [2.45, 2.75) is 98.3 Å². The van der Waals surface area contributed by atoms with E-state index < -0.39 is 0 Å². The first-order valence-corrected chi connectivity index (χ1v) is 10.1. The molecular formula is C21H38. The molecular weight excluding hydrogens is 252 g/mol. The molecule has 4 aliphatic carbocycles. The van der Waals surface area contributed by atoms with Crippen LogP contribution in [0.3, 0.4) is 0 Å². The Kier molecular flexibility index (Phi) is 4.46. The number of rotatable bonds is 0. The van der Waals surface area contributed by atoms with E-state index in [9.17, 15) is 0 Å². The molecule has 0 N–H and O–H groups in total. The molecule has 0 aromatic rings. The molecule has 0 nitrogen and oxygen atoms in total. The van der Waals surface area contributed by atoms with Gasteiger partial charge in [0.15, 0.2) is 0 Å². The summed E-state index contributed by atoms with van der Waals surface area (Å²) in [5, 5.41) is 0. The van der Waals surface area contributed by atoms with Crippen LogP contribution in [0, 0.1) is 34.5 Å². The lowest BCUT2D eigenvalue weighted by atomic mass is 9.45. The van der Waals surface area contributed by atoms with E-state index in [2.05, 4.69) is 13.8 Å². The van der Waals surface area contributed by atoms with Gasteiger partial charge in [0.1, 0.15) is 0 Å². The van der Waals surface area contributed by atoms with E-state index in [0.29, 0.717) is 0 Å². The Bertz CT molecular complexity index is 359. The van der Waals surface area contributed by atoms with Crippen LogP contribution in [0.2, 0.25) is 0 Å². The van der Waals surface area contributed by atoms with Gasteiger partial charge in [0.05, 0.1) is 0 Å². The lowest BCUT2D eigenvalue weighted by molar-refractivity contribution is -0.103. The summed E-state index contributed by atoms with van der Waals surface area (Å²) in [6.45, 7) is 9.33. The summed E-state index contributed by atoms with van der Waals surface area (Å²) < 4.78 is 0. The van der Waals surface area contributed by atoms with Crippen LogP contribution in [-0.4, -0.2) is 0 Å². The zero-order valence-electron chi connectivity index (χ0n) is 15.1. The third-order valence-corrected chi connectivity index (χ3v) is 8.36. The van der Waals surface area contributed by atoms with Crippen molar-refractivity contribution in [3.05, 3.63) is 0 Å². The average Bonchev–Trinajstić information content (AvgIpc) is 2.90. The zero-order chi connectivity index (χ0) is 15.1. The highest BCUT2D eigenvalue weighted by molar-refractivity contribution is 5.06. The standard InChI is InChI=1S/C19H32.C2H6/c1-18-11-5-7-16(18)15-9-8-14-6-3-4-12-19(14,2)17(15)10-13-18;1-2/h14-17H,3-13H2,1-2H3;1-2H3. The topological polar surface area (TPSA) is 0 Å². The van der Waals surface area contributed by atoms with Crippen LogP contribution >= 0.6 is 0 Å². The largest absolute Gasteiger partial charge is 0.0683 e. The summed E-state index contributed by atoms with van der Waals surface area (Å²) in [6, 6.07) is 0. The molecule has 4 rings (SSSR count). The number of fused-ring (bicyclic) bond motifs is 5. The Morgan fingerprint density at radius 3 is 2.29 bits per heavy atom. The number of hydrogen-bond acceptors (Lipinski definition) is 0. The van der Waals surface area contributed by atoms with Crippen molar-refractivity contribution in [2.24, 2.45) is 34.5 Å². The van der Waals surface area contributed by atoms with Crippen LogP contribution in [0.5, 0.6) is 0 Å². The Morgan fingerprint density at radius 2 is 1.48 bits per heavy atom. The van der Waals surface area contributed by atoms with Gasteiger partial charge in [-0.05, 0) is 85.9 Å². The van der Waals surface area contributed by atoms with E-state index in [1.165, 1.54) is 19.3 Å². The third kappa shape index (κ3) is 2.40. The van der Waals surface area contributed by atoms with E-state index in [-0.39, 0.29) is 0 Å². The van der Waals surface area contributed by atoms with Crippen molar-refractivity contribution in [3.63, 3.8) is 0 Å². The second-order valence-corrected chi connectivity index (χ2v) is 8.99. The van der Waals surface area contributed by atoms with Gasteiger partial charge in [-0.3, -0.25) is 0 Å². The summed E-state index contributed by atoms with van der Waals surface area (Å²) in [6.07, 6.45) is 17.1. The third-order valence-electron chi connectivity index (χ3n) is 8.36. The van der Waals surface area contributed by atoms with E-state index >= 15 is 0 Å². The van der Waals surface area contributed by atoms with E-state index in [1.54, 1.807) is 51.4 Å². The molecule has 4 saturated carbocycles. The molecule has 0 radical (unpaired) electrons. The van der Waals surface area contributed by atoms with Crippen molar-refractivity contribution < 1.29 is 0 Å². The highest BCUT2D eigenvalue weighted by Crippen LogP contribution is 2.66. The van der Waals surface area contributed by atoms with Gasteiger partial charge in [0.2, 0.25) is 0 Å². The van der Waals surface area contributed by atoms with E-state index in [0.717, 1.165) is 34.5 Å². The first kappa shape index (κ1) is 15.9. The predicted molar refractivity (Wildman–Crippen MR) is 92.3 cm³/mol. The lowest BCUT2D eigenvalue weighted by Gasteiger charge is -2.60. The Hall–Kier alpha value is 0. The van der Waals surface area contributed by atoms with Gasteiger partial charge in [-0.2, -0.15) is 0 Å². The molecule has 6 atom stereocenters. The Morgan fingerprint density at radius 1 is 0.667 bits per heavy atom. The summed E-state index contributed by atoms with van der Waals surface area (Å²) in [5.74, 6) is 4.41. The van der Waals surface area contributed by atoms with Gasteiger partial charge in [0.25, 0.3) is 0 Å². The minimum Gasteiger partial charge on any atom is -0.0683 e. The molecule has 4 aliphatic rings. The van der Waals surface area contributed by atoms with Crippen molar-refractivity contribution in [2.75, 3.05) is 0 Å². The maximum absolute atomic E-state index is 2.70. The Balaban J connectivity index is 0.000000636. The SMILES string of the molecule is CC.CC12CCCC1C1CCC3CCCCC3(C)C1CC2. The molecule has 0 aromatic carbocycles. The lowest BCUT2D eigenvalue weighted by Crippen LogP contribution is -2.51. The van der Waals surface area contributed by atoms with Crippen LogP contribution in [-0.2, 0) is 0 Å². The number of hydrogen-bond donors (Lipinski definition) is 0. The summed E-state index contributed by atoms with van der Waals surface area (Å²) in [5.41, 5.74) is 1.49. The second-order valence-electron chi connectivity index (χ2n) is 8.99. The van der Waals surface area contributed by atoms with Gasteiger partial charge in [-0.15, -0.1) is 0 Å². The van der Waals surface area contributed by atoms with Crippen molar-refractivity contribution in [1.82, 2.24) is 0 Å². The summed E-state index contributed by atoms with van der Waals surface area (Å²) in [7, 11) is 0. The zero-order valence-corrected chi connectivity index (χ0v) is 15.1. The minimum atomic E-state index is 0.741. The fraction of sp³-hybridized carbons (Fsp3) is 1.00. The smallest absolute Gasteiger partial charge is 0.0266 e. The highest BCUT2D eigenvalue weighted by atomic mass is 14.6. The second kappa shape index (κ2) is 5.89. The molecule has 0 aromatic heterocycles. The average molecular weight is 291 g/mol. The molecule has 6 unspecified atom stereocenters. The van der Waals surface area contributed by atoms with Crippen molar-refractivity contribution in [3.8, 4) is 0 Å². The first-order valence-electron chi connectivity index (χ1n) is 10.1. The minimum absolute atomic E-state index is 0.741. The van der Waals surface area contributed by atoms with Crippen molar-refractivity contribution >= 4 is 0 Å². The van der Waals surface area contributed by atoms with Gasteiger partial charge in [-0.25, -0.2) is 0 Å². The van der Waals surface area contributed by atoms with Gasteiger partial charge in [-0.1, -0.05) is 47.0 Å². The maximum Gasteiger partial charge on any atom is -0.0266 e. The monoisotopic (exact) mass is 290 g/mol. The summed E-state index contributed by atoms with van der Waals surface area (Å²) >= 11 is 0. The molecule has 0 aliphatic heterocycles. The van der Waals surface area contributed by atoms with Crippen LogP contribution < -0.4 is 0 Å². The molecule has 0 spiro atoms. The molecule has 0 saturated heterocycles. The fourth-order valence-electron chi connectivity index (χ4n) is 7.29. The van der Waals surface area contributed by atoms with E-state index in [4.69, 9.17) is 0 Å².